The van der Waals surface area contributed by atoms with Crippen molar-refractivity contribution in [1.82, 2.24) is 10.2 Å². The van der Waals surface area contributed by atoms with Crippen LogP contribution >= 0.6 is 34.5 Å². The van der Waals surface area contributed by atoms with Gasteiger partial charge in [-0.3, -0.25) is 4.79 Å². The maximum atomic E-state index is 12.0. The first-order chi connectivity index (χ1) is 13.0. The molecule has 9 heteroatoms. The van der Waals surface area contributed by atoms with Crippen LogP contribution in [0.3, 0.4) is 0 Å². The fraction of sp³-hybridized carbons (Fsp3) is 0.278. The predicted molar refractivity (Wildman–Crippen MR) is 103 cm³/mol. The van der Waals surface area contributed by atoms with E-state index in [1.54, 1.807) is 25.1 Å². The number of nitrogens with zero attached hydrogens (tertiary/aromatic N) is 2. The zero-order valence-electron chi connectivity index (χ0n) is 14.4. The molecule has 6 nitrogen and oxygen atoms in total. The lowest BCUT2D eigenvalue weighted by Crippen LogP contribution is -2.10. The molecule has 0 radical (unpaired) electrons. The van der Waals surface area contributed by atoms with Crippen molar-refractivity contribution >= 4 is 40.5 Å². The number of ether oxygens (including phenoxy) is 2. The number of thiophene rings is 1. The Hall–Kier alpha value is -2.09. The van der Waals surface area contributed by atoms with Crippen LogP contribution in [0.5, 0.6) is 5.75 Å². The van der Waals surface area contributed by atoms with Crippen LogP contribution in [0.4, 0.5) is 0 Å². The second-order valence-corrected chi connectivity index (χ2v) is 7.37. The largest absolute Gasteiger partial charge is 0.492 e. The summed E-state index contributed by atoms with van der Waals surface area (Å²) >= 11 is 13.3. The molecular formula is C18H16Cl2N2O4S. The first kappa shape index (κ1) is 19.7. The molecule has 0 aliphatic rings. The Labute approximate surface area is 170 Å². The third-order valence-corrected chi connectivity index (χ3v) is 4.89. The highest BCUT2D eigenvalue weighted by atomic mass is 35.5. The lowest BCUT2D eigenvalue weighted by atomic mass is 10.3. The molecule has 0 saturated heterocycles. The van der Waals surface area contributed by atoms with Crippen LogP contribution in [-0.4, -0.2) is 22.8 Å². The number of esters is 1. The van der Waals surface area contributed by atoms with Gasteiger partial charge in [0.05, 0.1) is 16.5 Å². The number of hydrogen-bond acceptors (Lipinski definition) is 7. The normalized spacial score (nSPS) is 12.0. The molecular weight excluding hydrogens is 411 g/mol. The molecule has 0 amide bonds. The molecule has 0 aliphatic heterocycles. The van der Waals surface area contributed by atoms with E-state index in [1.807, 2.05) is 17.5 Å². The van der Waals surface area contributed by atoms with Crippen molar-refractivity contribution in [2.75, 3.05) is 6.61 Å². The van der Waals surface area contributed by atoms with Crippen molar-refractivity contribution in [1.29, 1.82) is 0 Å². The van der Waals surface area contributed by atoms with Crippen molar-refractivity contribution in [3.05, 3.63) is 51.6 Å². The van der Waals surface area contributed by atoms with Crippen molar-refractivity contribution in [2.24, 2.45) is 0 Å². The van der Waals surface area contributed by atoms with Crippen molar-refractivity contribution in [3.8, 4) is 16.5 Å². The summed E-state index contributed by atoms with van der Waals surface area (Å²) in [6, 6.07) is 8.75. The summed E-state index contributed by atoms with van der Waals surface area (Å²) in [5.74, 6) is 0.825. The number of benzene rings is 1. The second-order valence-electron chi connectivity index (χ2n) is 5.58. The zero-order chi connectivity index (χ0) is 19.2. The van der Waals surface area contributed by atoms with Crippen LogP contribution < -0.4 is 4.74 Å². The summed E-state index contributed by atoms with van der Waals surface area (Å²) in [4.78, 5) is 12.8. The highest BCUT2D eigenvalue weighted by Gasteiger charge is 2.19. The summed E-state index contributed by atoms with van der Waals surface area (Å²) in [5, 5.41) is 10.8. The van der Waals surface area contributed by atoms with E-state index < -0.39 is 6.10 Å². The maximum Gasteiger partial charge on any atom is 0.306 e. The van der Waals surface area contributed by atoms with Crippen LogP contribution in [0, 0.1) is 0 Å². The van der Waals surface area contributed by atoms with Gasteiger partial charge in [0.25, 0.3) is 11.8 Å². The van der Waals surface area contributed by atoms with Gasteiger partial charge in [-0.05, 0) is 43.0 Å². The van der Waals surface area contributed by atoms with E-state index in [-0.39, 0.29) is 18.3 Å². The highest BCUT2D eigenvalue weighted by Crippen LogP contribution is 2.28. The maximum absolute atomic E-state index is 12.0. The van der Waals surface area contributed by atoms with E-state index in [2.05, 4.69) is 10.2 Å². The molecule has 2 heterocycles. The topological polar surface area (TPSA) is 74.5 Å². The average molecular weight is 427 g/mol. The lowest BCUT2D eigenvalue weighted by molar-refractivity contribution is -0.149. The van der Waals surface area contributed by atoms with Gasteiger partial charge >= 0.3 is 5.97 Å². The minimum atomic E-state index is -0.620. The third-order valence-electron chi connectivity index (χ3n) is 3.51. The van der Waals surface area contributed by atoms with Gasteiger partial charge in [-0.15, -0.1) is 21.5 Å². The average Bonchev–Trinajstić information content (AvgIpc) is 3.31. The molecule has 0 bridgehead atoms. The number of carbonyl (C=O) groups is 1. The molecule has 1 aromatic carbocycles. The fourth-order valence-electron chi connectivity index (χ4n) is 2.20. The quantitative estimate of drug-likeness (QED) is 0.346. The van der Waals surface area contributed by atoms with Gasteiger partial charge in [0.2, 0.25) is 0 Å². The fourth-order valence-corrected chi connectivity index (χ4v) is 3.30. The molecule has 0 fully saturated rings. The van der Waals surface area contributed by atoms with Crippen LogP contribution in [0.1, 0.15) is 31.8 Å². The summed E-state index contributed by atoms with van der Waals surface area (Å²) in [7, 11) is 0. The second kappa shape index (κ2) is 9.21. The first-order valence-electron chi connectivity index (χ1n) is 8.17. The van der Waals surface area contributed by atoms with Crippen LogP contribution in [0.15, 0.2) is 40.1 Å². The molecule has 1 unspecified atom stereocenters. The third kappa shape index (κ3) is 5.45. The number of hydrogen-bond donors (Lipinski definition) is 0. The van der Waals surface area contributed by atoms with Crippen LogP contribution in [-0.2, 0) is 9.53 Å². The highest BCUT2D eigenvalue weighted by molar-refractivity contribution is 7.13. The Morgan fingerprint density at radius 3 is 2.89 bits per heavy atom. The van der Waals surface area contributed by atoms with Crippen molar-refractivity contribution in [2.45, 2.75) is 25.9 Å². The van der Waals surface area contributed by atoms with Crippen LogP contribution in [0.25, 0.3) is 10.8 Å². The number of carbonyl (C=O) groups excluding carboxylic acids is 1. The molecule has 3 aromatic rings. The summed E-state index contributed by atoms with van der Waals surface area (Å²) in [6.07, 6.45) is 0.0568. The van der Waals surface area contributed by atoms with Gasteiger partial charge in [-0.1, -0.05) is 29.3 Å². The Balaban J connectivity index is 1.42. The molecule has 0 spiro atoms. The minimum Gasteiger partial charge on any atom is -0.492 e. The molecule has 0 N–H and O–H groups in total. The smallest absolute Gasteiger partial charge is 0.306 e. The van der Waals surface area contributed by atoms with E-state index in [4.69, 9.17) is 37.1 Å². The molecule has 2 aromatic heterocycles. The van der Waals surface area contributed by atoms with Gasteiger partial charge < -0.3 is 13.9 Å². The molecule has 27 heavy (non-hydrogen) atoms. The van der Waals surface area contributed by atoms with E-state index in [1.165, 1.54) is 11.3 Å². The van der Waals surface area contributed by atoms with Crippen molar-refractivity contribution < 1.29 is 18.7 Å². The Bertz CT molecular complexity index is 899. The molecule has 1 atom stereocenters. The summed E-state index contributed by atoms with van der Waals surface area (Å²) < 4.78 is 16.4. The Morgan fingerprint density at radius 2 is 2.15 bits per heavy atom. The van der Waals surface area contributed by atoms with Gasteiger partial charge in [0.15, 0.2) is 6.10 Å². The standard InChI is InChI=1S/C18H16Cl2N2O4S/c1-11(17-21-22-18(26-17)15-4-3-9-27-15)25-16(23)5-2-8-24-14-7-6-12(19)10-13(14)20/h3-4,6-7,9-11H,2,5,8H2,1H3. The number of halogens is 2. The molecule has 142 valence electrons. The molecule has 0 saturated carbocycles. The van der Waals surface area contributed by atoms with Crippen molar-refractivity contribution in [3.63, 3.8) is 0 Å². The zero-order valence-corrected chi connectivity index (χ0v) is 16.7. The first-order valence-corrected chi connectivity index (χ1v) is 9.81. The molecule has 3 rings (SSSR count). The number of rotatable bonds is 8. The SMILES string of the molecule is CC(OC(=O)CCCOc1ccc(Cl)cc1Cl)c1nnc(-c2cccs2)o1. The summed E-state index contributed by atoms with van der Waals surface area (Å²) in [5.41, 5.74) is 0. The predicted octanol–water partition coefficient (Wildman–Crippen LogP) is 5.57. The monoisotopic (exact) mass is 426 g/mol. The lowest BCUT2D eigenvalue weighted by Gasteiger charge is -2.10. The molecule has 0 aliphatic carbocycles. The van der Waals surface area contributed by atoms with Gasteiger partial charge in [0.1, 0.15) is 5.75 Å². The number of aromatic nitrogens is 2. The van der Waals surface area contributed by atoms with Gasteiger partial charge in [-0.2, -0.15) is 0 Å². The van der Waals surface area contributed by atoms with Crippen LogP contribution in [0.2, 0.25) is 10.0 Å². The Kier molecular flexibility index (Phi) is 6.71. The van der Waals surface area contributed by atoms with E-state index in [0.29, 0.717) is 34.7 Å². The Morgan fingerprint density at radius 1 is 1.30 bits per heavy atom. The van der Waals surface area contributed by atoms with Gasteiger partial charge in [0, 0.05) is 11.4 Å². The summed E-state index contributed by atoms with van der Waals surface area (Å²) in [6.45, 7) is 2.02. The minimum absolute atomic E-state index is 0.196. The van der Waals surface area contributed by atoms with Gasteiger partial charge in [-0.25, -0.2) is 0 Å². The van der Waals surface area contributed by atoms with E-state index >= 15 is 0 Å². The van der Waals surface area contributed by atoms with E-state index in [0.717, 1.165) is 4.88 Å². The van der Waals surface area contributed by atoms with E-state index in [9.17, 15) is 4.79 Å².